The van der Waals surface area contributed by atoms with E-state index in [4.69, 9.17) is 4.74 Å². The molecule has 0 aromatic heterocycles. The molecular weight excluding hydrogens is 412 g/mol. The van der Waals surface area contributed by atoms with E-state index in [2.05, 4.69) is 13.8 Å². The standard InChI is InChI=1S/C29H52O4/c1-25(2)21-17-15-13-11-9-7-5-3-4-6-8-10-12-14-16-20-24-33-29(32)27-23-19-18-22-26(27)28(30)31/h18-19,25-27H,3-17,20-24H2,1-2H3,(H,30,31). The number of ether oxygens (including phenoxy) is 1. The maximum atomic E-state index is 12.2. The lowest BCUT2D eigenvalue weighted by Gasteiger charge is -2.23. The van der Waals surface area contributed by atoms with E-state index in [0.717, 1.165) is 18.8 Å². The zero-order valence-corrected chi connectivity index (χ0v) is 21.7. The summed E-state index contributed by atoms with van der Waals surface area (Å²) in [6.45, 7) is 5.06. The van der Waals surface area contributed by atoms with Crippen LogP contribution in [0.25, 0.3) is 0 Å². The van der Waals surface area contributed by atoms with Gasteiger partial charge in [0, 0.05) is 0 Å². The van der Waals surface area contributed by atoms with Crippen LogP contribution in [0.15, 0.2) is 12.2 Å². The van der Waals surface area contributed by atoms with Crippen molar-refractivity contribution < 1.29 is 19.4 Å². The molecule has 0 spiro atoms. The second kappa shape index (κ2) is 20.1. The lowest BCUT2D eigenvalue weighted by atomic mass is 9.83. The molecule has 0 amide bonds. The van der Waals surface area contributed by atoms with Crippen LogP contribution in [-0.2, 0) is 14.3 Å². The number of aliphatic carboxylic acids is 1. The van der Waals surface area contributed by atoms with E-state index in [1.807, 2.05) is 12.2 Å². The highest BCUT2D eigenvalue weighted by Gasteiger charge is 2.34. The molecule has 0 aliphatic heterocycles. The fraction of sp³-hybridized carbons (Fsp3) is 0.862. The van der Waals surface area contributed by atoms with Crippen molar-refractivity contribution in [2.24, 2.45) is 17.8 Å². The summed E-state index contributed by atoms with van der Waals surface area (Å²) in [4.78, 5) is 23.5. The van der Waals surface area contributed by atoms with Gasteiger partial charge >= 0.3 is 11.9 Å². The molecule has 2 atom stereocenters. The average Bonchev–Trinajstić information content (AvgIpc) is 2.80. The maximum Gasteiger partial charge on any atom is 0.310 e. The minimum Gasteiger partial charge on any atom is -0.481 e. The molecule has 0 radical (unpaired) electrons. The number of esters is 1. The van der Waals surface area contributed by atoms with E-state index in [1.165, 1.54) is 96.3 Å². The highest BCUT2D eigenvalue weighted by molar-refractivity contribution is 5.81. The molecule has 0 aromatic carbocycles. The normalized spacial score (nSPS) is 18.0. The quantitative estimate of drug-likeness (QED) is 0.105. The van der Waals surface area contributed by atoms with Gasteiger partial charge in [0.1, 0.15) is 0 Å². The number of allylic oxidation sites excluding steroid dienone is 2. The molecule has 1 aliphatic carbocycles. The summed E-state index contributed by atoms with van der Waals surface area (Å²) in [6.07, 6.45) is 27.2. The molecular formula is C29H52O4. The average molecular weight is 465 g/mol. The molecule has 4 heteroatoms. The van der Waals surface area contributed by atoms with E-state index in [9.17, 15) is 14.7 Å². The summed E-state index contributed by atoms with van der Waals surface area (Å²) >= 11 is 0. The van der Waals surface area contributed by atoms with Gasteiger partial charge in [-0.15, -0.1) is 0 Å². The summed E-state index contributed by atoms with van der Waals surface area (Å²) in [6, 6.07) is 0. The van der Waals surface area contributed by atoms with Crippen molar-refractivity contribution in [3.05, 3.63) is 12.2 Å². The predicted octanol–water partition coefficient (Wildman–Crippen LogP) is 8.48. The summed E-state index contributed by atoms with van der Waals surface area (Å²) in [5.41, 5.74) is 0. The van der Waals surface area contributed by atoms with E-state index in [-0.39, 0.29) is 5.97 Å². The van der Waals surface area contributed by atoms with Crippen molar-refractivity contribution in [2.45, 2.75) is 136 Å². The van der Waals surface area contributed by atoms with Crippen molar-refractivity contribution in [2.75, 3.05) is 6.61 Å². The molecule has 2 unspecified atom stereocenters. The summed E-state index contributed by atoms with van der Waals surface area (Å²) in [5.74, 6) is -1.53. The van der Waals surface area contributed by atoms with Crippen LogP contribution in [0.1, 0.15) is 136 Å². The largest absolute Gasteiger partial charge is 0.481 e. The minimum absolute atomic E-state index is 0.339. The Labute approximate surface area is 203 Å². The predicted molar refractivity (Wildman–Crippen MR) is 137 cm³/mol. The van der Waals surface area contributed by atoms with Crippen molar-refractivity contribution in [3.63, 3.8) is 0 Å². The van der Waals surface area contributed by atoms with Crippen molar-refractivity contribution in [1.82, 2.24) is 0 Å². The van der Waals surface area contributed by atoms with Crippen molar-refractivity contribution in [1.29, 1.82) is 0 Å². The lowest BCUT2D eigenvalue weighted by Crippen LogP contribution is -2.32. The van der Waals surface area contributed by atoms with E-state index < -0.39 is 17.8 Å². The molecule has 4 nitrogen and oxygen atoms in total. The Kier molecular flexibility index (Phi) is 18.1. The Hall–Kier alpha value is -1.32. The first-order valence-corrected chi connectivity index (χ1v) is 14.1. The van der Waals surface area contributed by atoms with E-state index >= 15 is 0 Å². The van der Waals surface area contributed by atoms with Gasteiger partial charge in [-0.1, -0.05) is 129 Å². The molecule has 1 N–H and O–H groups in total. The fourth-order valence-corrected chi connectivity index (χ4v) is 4.76. The van der Waals surface area contributed by atoms with Crippen LogP contribution in [0.4, 0.5) is 0 Å². The summed E-state index contributed by atoms with van der Waals surface area (Å²) in [7, 11) is 0. The number of hydrogen-bond acceptors (Lipinski definition) is 3. The number of carboxylic acids is 1. The van der Waals surface area contributed by atoms with Crippen LogP contribution < -0.4 is 0 Å². The fourth-order valence-electron chi connectivity index (χ4n) is 4.76. The number of hydrogen-bond donors (Lipinski definition) is 1. The van der Waals surface area contributed by atoms with Crippen molar-refractivity contribution in [3.8, 4) is 0 Å². The molecule has 0 fully saturated rings. The highest BCUT2D eigenvalue weighted by Crippen LogP contribution is 2.27. The molecule has 0 bridgehead atoms. The number of carboxylic acid groups (broad SMARTS) is 1. The molecule has 0 saturated heterocycles. The first kappa shape index (κ1) is 29.7. The molecule has 1 aliphatic rings. The zero-order chi connectivity index (χ0) is 24.2. The Morgan fingerprint density at radius 1 is 0.697 bits per heavy atom. The van der Waals surface area contributed by atoms with Gasteiger partial charge in [-0.2, -0.15) is 0 Å². The molecule has 33 heavy (non-hydrogen) atoms. The highest BCUT2D eigenvalue weighted by atomic mass is 16.5. The Bertz CT molecular complexity index is 526. The third kappa shape index (κ3) is 16.0. The monoisotopic (exact) mass is 464 g/mol. The first-order valence-electron chi connectivity index (χ1n) is 14.1. The Morgan fingerprint density at radius 3 is 1.52 bits per heavy atom. The van der Waals surface area contributed by atoms with Crippen LogP contribution >= 0.6 is 0 Å². The molecule has 0 heterocycles. The van der Waals surface area contributed by atoms with Gasteiger partial charge < -0.3 is 9.84 Å². The molecule has 192 valence electrons. The zero-order valence-electron chi connectivity index (χ0n) is 21.7. The third-order valence-corrected chi connectivity index (χ3v) is 6.97. The SMILES string of the molecule is CC(C)CCCCCCCCCCCCCCCCCCOC(=O)C1CC=CCC1C(=O)O. The number of rotatable bonds is 21. The summed E-state index contributed by atoms with van der Waals surface area (Å²) < 4.78 is 5.36. The third-order valence-electron chi connectivity index (χ3n) is 6.97. The van der Waals surface area contributed by atoms with Gasteiger partial charge in [0.25, 0.3) is 0 Å². The van der Waals surface area contributed by atoms with Crippen LogP contribution in [0, 0.1) is 17.8 Å². The lowest BCUT2D eigenvalue weighted by molar-refractivity contribution is -0.158. The van der Waals surface area contributed by atoms with Gasteiger partial charge in [-0.25, -0.2) is 0 Å². The second-order valence-corrected chi connectivity index (χ2v) is 10.5. The topological polar surface area (TPSA) is 63.6 Å². The van der Waals surface area contributed by atoms with Gasteiger partial charge in [-0.3, -0.25) is 9.59 Å². The maximum absolute atomic E-state index is 12.2. The smallest absolute Gasteiger partial charge is 0.310 e. The minimum atomic E-state index is -0.899. The van der Waals surface area contributed by atoms with Gasteiger partial charge in [-0.05, 0) is 25.2 Å². The van der Waals surface area contributed by atoms with Gasteiger partial charge in [0.2, 0.25) is 0 Å². The number of carbonyl (C=O) groups is 2. The first-order chi connectivity index (χ1) is 16.0. The van der Waals surface area contributed by atoms with Crippen LogP contribution in [-0.4, -0.2) is 23.7 Å². The summed E-state index contributed by atoms with van der Waals surface area (Å²) in [5, 5.41) is 9.26. The number of unbranched alkanes of at least 4 members (excludes halogenated alkanes) is 15. The molecule has 1 rings (SSSR count). The van der Waals surface area contributed by atoms with Crippen molar-refractivity contribution >= 4 is 11.9 Å². The number of carbonyl (C=O) groups excluding carboxylic acids is 1. The van der Waals surface area contributed by atoms with E-state index in [0.29, 0.717) is 19.4 Å². The van der Waals surface area contributed by atoms with Gasteiger partial charge in [0.15, 0.2) is 0 Å². The van der Waals surface area contributed by atoms with Crippen LogP contribution in [0.2, 0.25) is 0 Å². The van der Waals surface area contributed by atoms with Gasteiger partial charge in [0.05, 0.1) is 18.4 Å². The van der Waals surface area contributed by atoms with Crippen LogP contribution in [0.5, 0.6) is 0 Å². The van der Waals surface area contributed by atoms with Crippen LogP contribution in [0.3, 0.4) is 0 Å². The molecule has 0 saturated carbocycles. The second-order valence-electron chi connectivity index (χ2n) is 10.5. The Morgan fingerprint density at radius 2 is 1.09 bits per heavy atom. The Balaban J connectivity index is 1.81. The van der Waals surface area contributed by atoms with E-state index in [1.54, 1.807) is 0 Å². The molecule has 0 aromatic rings.